The summed E-state index contributed by atoms with van der Waals surface area (Å²) < 4.78 is 2.02. The van der Waals surface area contributed by atoms with Crippen molar-refractivity contribution < 1.29 is 14.7 Å². The number of hydrogen-bond acceptors (Lipinski definition) is 3. The molecule has 2 aromatic rings. The van der Waals surface area contributed by atoms with Crippen LogP contribution >= 0.6 is 15.9 Å². The third kappa shape index (κ3) is 2.50. The van der Waals surface area contributed by atoms with Gasteiger partial charge in [-0.15, -0.1) is 0 Å². The van der Waals surface area contributed by atoms with E-state index in [1.165, 1.54) is 4.68 Å². The molecule has 0 saturated heterocycles. The average molecular weight is 324 g/mol. The van der Waals surface area contributed by atoms with E-state index in [1.807, 2.05) is 13.0 Å². The molecule has 1 aromatic carbocycles. The number of primary amides is 1. The van der Waals surface area contributed by atoms with Gasteiger partial charge in [-0.05, 0) is 30.7 Å². The Hall–Kier alpha value is -2.15. The number of amides is 1. The lowest BCUT2D eigenvalue weighted by atomic mass is 10.2. The molecule has 2 rings (SSSR count). The summed E-state index contributed by atoms with van der Waals surface area (Å²) in [5, 5.41) is 12.9. The molecule has 0 unspecified atom stereocenters. The fourth-order valence-corrected chi connectivity index (χ4v) is 2.37. The van der Waals surface area contributed by atoms with E-state index in [1.54, 1.807) is 12.1 Å². The Balaban J connectivity index is 2.69. The number of benzene rings is 1. The molecular formula is C12H10BrN3O3. The van der Waals surface area contributed by atoms with Crippen molar-refractivity contribution in [3.63, 3.8) is 0 Å². The minimum Gasteiger partial charge on any atom is -0.478 e. The van der Waals surface area contributed by atoms with Gasteiger partial charge in [-0.2, -0.15) is 5.10 Å². The van der Waals surface area contributed by atoms with Gasteiger partial charge in [0, 0.05) is 4.47 Å². The molecule has 3 N–H and O–H groups in total. The van der Waals surface area contributed by atoms with Crippen molar-refractivity contribution >= 4 is 27.8 Å². The van der Waals surface area contributed by atoms with Gasteiger partial charge in [0.05, 0.1) is 11.9 Å². The fraction of sp³-hybridized carbons (Fsp3) is 0.0833. The van der Waals surface area contributed by atoms with Crippen LogP contribution in [0.3, 0.4) is 0 Å². The number of aromatic nitrogens is 2. The summed E-state index contributed by atoms with van der Waals surface area (Å²) >= 11 is 3.33. The molecule has 0 aliphatic rings. The summed E-state index contributed by atoms with van der Waals surface area (Å²) in [6.45, 7) is 1.87. The number of carbonyl (C=O) groups excluding carboxylic acids is 1. The minimum absolute atomic E-state index is 0.148. The van der Waals surface area contributed by atoms with Crippen molar-refractivity contribution in [2.45, 2.75) is 6.92 Å². The second-order valence-corrected chi connectivity index (χ2v) is 4.89. The normalized spacial score (nSPS) is 10.4. The number of carbonyl (C=O) groups is 2. The second kappa shape index (κ2) is 4.85. The SMILES string of the molecule is Cc1cc(Br)cc(-n2ncc(C(=O)O)c2C(N)=O)c1. The van der Waals surface area contributed by atoms with Crippen molar-refractivity contribution in [2.75, 3.05) is 0 Å². The van der Waals surface area contributed by atoms with Crippen LogP contribution in [0.5, 0.6) is 0 Å². The summed E-state index contributed by atoms with van der Waals surface area (Å²) in [4.78, 5) is 22.5. The lowest BCUT2D eigenvalue weighted by molar-refractivity contribution is 0.0692. The molecule has 0 aliphatic carbocycles. The van der Waals surface area contributed by atoms with E-state index >= 15 is 0 Å². The highest BCUT2D eigenvalue weighted by molar-refractivity contribution is 9.10. The number of aryl methyl sites for hydroxylation is 1. The van der Waals surface area contributed by atoms with Crippen molar-refractivity contribution in [1.29, 1.82) is 0 Å². The number of aromatic carboxylic acids is 1. The monoisotopic (exact) mass is 323 g/mol. The Morgan fingerprint density at radius 2 is 2.05 bits per heavy atom. The van der Waals surface area contributed by atoms with Gasteiger partial charge in [-0.1, -0.05) is 15.9 Å². The number of hydrogen-bond donors (Lipinski definition) is 2. The number of carboxylic acids is 1. The molecule has 98 valence electrons. The quantitative estimate of drug-likeness (QED) is 0.898. The number of nitrogens with two attached hydrogens (primary N) is 1. The lowest BCUT2D eigenvalue weighted by Gasteiger charge is -2.07. The van der Waals surface area contributed by atoms with Crippen molar-refractivity contribution in [2.24, 2.45) is 5.73 Å². The number of carboxylic acid groups (broad SMARTS) is 1. The standard InChI is InChI=1S/C12H10BrN3O3/c1-6-2-7(13)4-8(3-6)16-10(11(14)17)9(5-15-16)12(18)19/h2-5H,1H3,(H2,14,17)(H,18,19). The molecule has 0 fully saturated rings. The van der Waals surface area contributed by atoms with Gasteiger partial charge in [0.2, 0.25) is 0 Å². The number of nitrogens with zero attached hydrogens (tertiary/aromatic N) is 2. The molecule has 1 amide bonds. The van der Waals surface area contributed by atoms with Crippen LogP contribution in [0.2, 0.25) is 0 Å². The van der Waals surface area contributed by atoms with Gasteiger partial charge in [0.25, 0.3) is 5.91 Å². The topological polar surface area (TPSA) is 98.2 Å². The molecule has 1 heterocycles. The van der Waals surface area contributed by atoms with Gasteiger partial charge in [-0.25, -0.2) is 9.48 Å². The van der Waals surface area contributed by atoms with Gasteiger partial charge in [0.1, 0.15) is 11.3 Å². The molecule has 0 spiro atoms. The van der Waals surface area contributed by atoms with E-state index in [4.69, 9.17) is 10.8 Å². The predicted octanol–water partition coefficient (Wildman–Crippen LogP) is 1.74. The van der Waals surface area contributed by atoms with E-state index in [0.717, 1.165) is 16.2 Å². The first-order chi connectivity index (χ1) is 8.90. The first-order valence-electron chi connectivity index (χ1n) is 5.29. The first-order valence-corrected chi connectivity index (χ1v) is 6.08. The molecule has 0 radical (unpaired) electrons. The third-order valence-electron chi connectivity index (χ3n) is 2.50. The van der Waals surface area contributed by atoms with Crippen LogP contribution < -0.4 is 5.73 Å². The van der Waals surface area contributed by atoms with E-state index in [2.05, 4.69) is 21.0 Å². The average Bonchev–Trinajstić information content (AvgIpc) is 2.71. The number of halogens is 1. The van der Waals surface area contributed by atoms with Gasteiger partial charge in [-0.3, -0.25) is 4.79 Å². The van der Waals surface area contributed by atoms with Crippen LogP contribution in [-0.4, -0.2) is 26.8 Å². The molecular weight excluding hydrogens is 314 g/mol. The molecule has 7 heteroatoms. The maximum absolute atomic E-state index is 11.4. The van der Waals surface area contributed by atoms with Gasteiger partial charge < -0.3 is 10.8 Å². The molecule has 1 aromatic heterocycles. The summed E-state index contributed by atoms with van der Waals surface area (Å²) in [5.41, 5.74) is 6.37. The Bertz CT molecular complexity index is 659. The van der Waals surface area contributed by atoms with Crippen LogP contribution in [0.1, 0.15) is 26.4 Å². The van der Waals surface area contributed by atoms with Crippen LogP contribution in [0.25, 0.3) is 5.69 Å². The summed E-state index contributed by atoms with van der Waals surface area (Å²) in [5.74, 6) is -2.08. The zero-order valence-electron chi connectivity index (χ0n) is 9.92. The molecule has 0 bridgehead atoms. The maximum Gasteiger partial charge on any atom is 0.339 e. The zero-order chi connectivity index (χ0) is 14.2. The van der Waals surface area contributed by atoms with Crippen LogP contribution in [-0.2, 0) is 0 Å². The Morgan fingerprint density at radius 3 is 2.58 bits per heavy atom. The van der Waals surface area contributed by atoms with Crippen molar-refractivity contribution in [3.05, 3.63) is 45.7 Å². The molecule has 19 heavy (non-hydrogen) atoms. The minimum atomic E-state index is -1.24. The summed E-state index contributed by atoms with van der Waals surface area (Å²) in [6.07, 6.45) is 1.11. The molecule has 0 atom stereocenters. The third-order valence-corrected chi connectivity index (χ3v) is 2.96. The van der Waals surface area contributed by atoms with E-state index in [-0.39, 0.29) is 11.3 Å². The fourth-order valence-electron chi connectivity index (χ4n) is 1.78. The Morgan fingerprint density at radius 1 is 1.37 bits per heavy atom. The smallest absolute Gasteiger partial charge is 0.339 e. The molecule has 0 saturated carbocycles. The van der Waals surface area contributed by atoms with E-state index in [0.29, 0.717) is 5.69 Å². The highest BCUT2D eigenvalue weighted by Gasteiger charge is 2.22. The van der Waals surface area contributed by atoms with E-state index in [9.17, 15) is 9.59 Å². The highest BCUT2D eigenvalue weighted by Crippen LogP contribution is 2.21. The van der Waals surface area contributed by atoms with Crippen LogP contribution in [0.15, 0.2) is 28.9 Å². The molecule has 6 nitrogen and oxygen atoms in total. The lowest BCUT2D eigenvalue weighted by Crippen LogP contribution is -2.20. The molecule has 0 aliphatic heterocycles. The zero-order valence-corrected chi connectivity index (χ0v) is 11.5. The van der Waals surface area contributed by atoms with Crippen molar-refractivity contribution in [1.82, 2.24) is 9.78 Å². The van der Waals surface area contributed by atoms with Crippen LogP contribution in [0.4, 0.5) is 0 Å². The Kier molecular flexibility index (Phi) is 3.39. The summed E-state index contributed by atoms with van der Waals surface area (Å²) in [7, 11) is 0. The van der Waals surface area contributed by atoms with E-state index < -0.39 is 11.9 Å². The van der Waals surface area contributed by atoms with Crippen LogP contribution in [0, 0.1) is 6.92 Å². The largest absolute Gasteiger partial charge is 0.478 e. The Labute approximate surface area is 117 Å². The van der Waals surface area contributed by atoms with Gasteiger partial charge in [0.15, 0.2) is 0 Å². The van der Waals surface area contributed by atoms with Gasteiger partial charge >= 0.3 is 5.97 Å². The maximum atomic E-state index is 11.4. The first kappa shape index (κ1) is 13.3. The summed E-state index contributed by atoms with van der Waals surface area (Å²) in [6, 6.07) is 5.38. The highest BCUT2D eigenvalue weighted by atomic mass is 79.9. The predicted molar refractivity (Wildman–Crippen MR) is 71.5 cm³/mol. The second-order valence-electron chi connectivity index (χ2n) is 3.97. The number of rotatable bonds is 3. The van der Waals surface area contributed by atoms with Crippen molar-refractivity contribution in [3.8, 4) is 5.69 Å².